The number of unbranched alkanes of at least 4 members (excludes halogenated alkanes) is 1. The van der Waals surface area contributed by atoms with E-state index in [9.17, 15) is 0 Å². The molecule has 4 nitrogen and oxygen atoms in total. The molecule has 1 unspecified atom stereocenters. The van der Waals surface area contributed by atoms with Crippen LogP contribution in [-0.2, 0) is 6.42 Å². The van der Waals surface area contributed by atoms with Gasteiger partial charge in [-0.05, 0) is 24.5 Å². The third-order valence-electron chi connectivity index (χ3n) is 3.72. The van der Waals surface area contributed by atoms with Crippen molar-refractivity contribution in [2.45, 2.75) is 46.0 Å². The molecule has 0 bridgehead atoms. The summed E-state index contributed by atoms with van der Waals surface area (Å²) in [5.74, 6) is 1.63. The molecule has 0 fully saturated rings. The molecule has 1 rings (SSSR count). The van der Waals surface area contributed by atoms with Gasteiger partial charge in [0.25, 0.3) is 0 Å². The fraction of sp³-hybridized carbons (Fsp3) is 0.647. The Bertz CT molecular complexity index is 395. The maximum Gasteiger partial charge on any atom is 0.190 e. The van der Waals surface area contributed by atoms with Gasteiger partial charge >= 0.3 is 0 Å². The van der Waals surface area contributed by atoms with Crippen LogP contribution in [0, 0.1) is 5.92 Å². The molecule has 1 aromatic rings. The lowest BCUT2D eigenvalue weighted by atomic mass is 9.99. The van der Waals surface area contributed by atoms with Crippen LogP contribution in [0.25, 0.3) is 0 Å². The standard InChI is InChI=1S/C17H30N4.HI/c1-4-6-9-15(5-2)14-21-17(18-3)20-13-11-16-10-7-8-12-19-16;/h7-8,10,12,15H,4-6,9,11,13-14H2,1-3H3,(H2,18,20,21);1H. The highest BCUT2D eigenvalue weighted by Gasteiger charge is 2.06. The predicted octanol–water partition coefficient (Wildman–Crippen LogP) is 3.62. The molecular weight excluding hydrogens is 387 g/mol. The lowest BCUT2D eigenvalue weighted by molar-refractivity contribution is 0.444. The van der Waals surface area contributed by atoms with Gasteiger partial charge in [0.15, 0.2) is 5.96 Å². The molecule has 0 saturated heterocycles. The number of pyridine rings is 1. The first kappa shape index (κ1) is 21.1. The van der Waals surface area contributed by atoms with E-state index >= 15 is 0 Å². The molecule has 0 aromatic carbocycles. The van der Waals surface area contributed by atoms with Crippen LogP contribution in [0.1, 0.15) is 45.2 Å². The molecule has 0 radical (unpaired) electrons. The molecule has 1 aromatic heterocycles. The van der Waals surface area contributed by atoms with E-state index in [1.807, 2.05) is 25.4 Å². The van der Waals surface area contributed by atoms with Crippen LogP contribution in [-0.4, -0.2) is 31.1 Å². The number of hydrogen-bond donors (Lipinski definition) is 2. The van der Waals surface area contributed by atoms with Gasteiger partial charge in [-0.3, -0.25) is 9.98 Å². The van der Waals surface area contributed by atoms with Crippen molar-refractivity contribution in [3.05, 3.63) is 30.1 Å². The fourth-order valence-electron chi connectivity index (χ4n) is 2.26. The van der Waals surface area contributed by atoms with Crippen molar-refractivity contribution in [1.82, 2.24) is 15.6 Å². The number of guanidine groups is 1. The van der Waals surface area contributed by atoms with Crippen molar-refractivity contribution in [3.8, 4) is 0 Å². The van der Waals surface area contributed by atoms with Crippen molar-refractivity contribution in [1.29, 1.82) is 0 Å². The molecule has 0 aliphatic heterocycles. The average Bonchev–Trinajstić information content (AvgIpc) is 2.54. The second kappa shape index (κ2) is 13.8. The van der Waals surface area contributed by atoms with Crippen LogP contribution in [0.4, 0.5) is 0 Å². The zero-order valence-corrected chi connectivity index (χ0v) is 16.5. The second-order valence-corrected chi connectivity index (χ2v) is 5.37. The molecule has 22 heavy (non-hydrogen) atoms. The molecule has 5 heteroatoms. The van der Waals surface area contributed by atoms with E-state index < -0.39 is 0 Å². The SMILES string of the molecule is CCCCC(CC)CNC(=NC)NCCc1ccccn1.I. The number of hydrogen-bond acceptors (Lipinski definition) is 2. The normalized spacial score (nSPS) is 12.4. The number of aliphatic imine (C=N–C) groups is 1. The summed E-state index contributed by atoms with van der Waals surface area (Å²) in [4.78, 5) is 8.60. The summed E-state index contributed by atoms with van der Waals surface area (Å²) in [6.07, 6.45) is 7.85. The van der Waals surface area contributed by atoms with Gasteiger partial charge in [0.2, 0.25) is 0 Å². The van der Waals surface area contributed by atoms with Crippen LogP contribution in [0.3, 0.4) is 0 Å². The number of rotatable bonds is 9. The molecule has 1 atom stereocenters. The van der Waals surface area contributed by atoms with Gasteiger partial charge in [-0.1, -0.05) is 39.2 Å². The van der Waals surface area contributed by atoms with Crippen molar-refractivity contribution in [3.63, 3.8) is 0 Å². The number of aromatic nitrogens is 1. The summed E-state index contributed by atoms with van der Waals surface area (Å²) >= 11 is 0. The van der Waals surface area contributed by atoms with Gasteiger partial charge in [-0.2, -0.15) is 0 Å². The minimum atomic E-state index is 0. The zero-order chi connectivity index (χ0) is 15.3. The molecule has 2 N–H and O–H groups in total. The Balaban J connectivity index is 0.00000441. The van der Waals surface area contributed by atoms with Crippen LogP contribution >= 0.6 is 24.0 Å². The lowest BCUT2D eigenvalue weighted by Gasteiger charge is -2.18. The molecular formula is C17H31IN4. The van der Waals surface area contributed by atoms with E-state index in [1.165, 1.54) is 25.7 Å². The number of nitrogens with one attached hydrogen (secondary N) is 2. The van der Waals surface area contributed by atoms with Crippen molar-refractivity contribution < 1.29 is 0 Å². The highest BCUT2D eigenvalue weighted by molar-refractivity contribution is 14.0. The summed E-state index contributed by atoms with van der Waals surface area (Å²) in [7, 11) is 1.82. The third-order valence-corrected chi connectivity index (χ3v) is 3.72. The van der Waals surface area contributed by atoms with E-state index in [0.29, 0.717) is 0 Å². The molecule has 0 spiro atoms. The minimum absolute atomic E-state index is 0. The average molecular weight is 418 g/mol. The van der Waals surface area contributed by atoms with Crippen LogP contribution in [0.15, 0.2) is 29.4 Å². The summed E-state index contributed by atoms with van der Waals surface area (Å²) in [5, 5.41) is 6.79. The second-order valence-electron chi connectivity index (χ2n) is 5.37. The summed E-state index contributed by atoms with van der Waals surface area (Å²) in [5.41, 5.74) is 1.11. The topological polar surface area (TPSA) is 49.3 Å². The van der Waals surface area contributed by atoms with Crippen LogP contribution < -0.4 is 10.6 Å². The van der Waals surface area contributed by atoms with Crippen molar-refractivity contribution in [2.24, 2.45) is 10.9 Å². The first-order valence-corrected chi connectivity index (χ1v) is 8.14. The highest BCUT2D eigenvalue weighted by atomic mass is 127. The Hall–Kier alpha value is -0.850. The summed E-state index contributed by atoms with van der Waals surface area (Å²) in [6, 6.07) is 6.02. The zero-order valence-electron chi connectivity index (χ0n) is 14.1. The van der Waals surface area contributed by atoms with Crippen molar-refractivity contribution >= 4 is 29.9 Å². The first-order chi connectivity index (χ1) is 10.3. The summed E-state index contributed by atoms with van der Waals surface area (Å²) < 4.78 is 0. The maximum atomic E-state index is 4.32. The van der Waals surface area contributed by atoms with Gasteiger partial charge in [0, 0.05) is 38.4 Å². The molecule has 126 valence electrons. The Labute approximate surface area is 152 Å². The van der Waals surface area contributed by atoms with E-state index in [0.717, 1.165) is 37.1 Å². The van der Waals surface area contributed by atoms with E-state index in [1.54, 1.807) is 0 Å². The fourth-order valence-corrected chi connectivity index (χ4v) is 2.26. The number of halogens is 1. The molecule has 0 aliphatic carbocycles. The Morgan fingerprint density at radius 2 is 2.09 bits per heavy atom. The predicted molar refractivity (Wildman–Crippen MR) is 106 cm³/mol. The van der Waals surface area contributed by atoms with Gasteiger partial charge < -0.3 is 10.6 Å². The van der Waals surface area contributed by atoms with E-state index in [4.69, 9.17) is 0 Å². The van der Waals surface area contributed by atoms with Gasteiger partial charge in [0.05, 0.1) is 0 Å². The quantitative estimate of drug-likeness (QED) is 0.366. The lowest BCUT2D eigenvalue weighted by Crippen LogP contribution is -2.40. The smallest absolute Gasteiger partial charge is 0.190 e. The van der Waals surface area contributed by atoms with Crippen LogP contribution in [0.2, 0.25) is 0 Å². The number of nitrogens with zero attached hydrogens (tertiary/aromatic N) is 2. The van der Waals surface area contributed by atoms with E-state index in [-0.39, 0.29) is 24.0 Å². The monoisotopic (exact) mass is 418 g/mol. The molecule has 0 aliphatic rings. The Morgan fingerprint density at radius 3 is 2.68 bits per heavy atom. The molecule has 1 heterocycles. The first-order valence-electron chi connectivity index (χ1n) is 8.14. The van der Waals surface area contributed by atoms with E-state index in [2.05, 4.69) is 40.5 Å². The van der Waals surface area contributed by atoms with Crippen molar-refractivity contribution in [2.75, 3.05) is 20.1 Å². The van der Waals surface area contributed by atoms with Gasteiger partial charge in [-0.25, -0.2) is 0 Å². The molecule has 0 amide bonds. The maximum absolute atomic E-state index is 4.32. The highest BCUT2D eigenvalue weighted by Crippen LogP contribution is 2.10. The Kier molecular flexibility index (Phi) is 13.3. The van der Waals surface area contributed by atoms with Crippen LogP contribution in [0.5, 0.6) is 0 Å². The summed E-state index contributed by atoms with van der Waals surface area (Å²) in [6.45, 7) is 6.36. The van der Waals surface area contributed by atoms with Gasteiger partial charge in [-0.15, -0.1) is 24.0 Å². The van der Waals surface area contributed by atoms with Gasteiger partial charge in [0.1, 0.15) is 0 Å². The molecule has 0 saturated carbocycles. The third kappa shape index (κ3) is 9.23. The largest absolute Gasteiger partial charge is 0.356 e. The minimum Gasteiger partial charge on any atom is -0.356 e. The Morgan fingerprint density at radius 1 is 1.27 bits per heavy atom.